The van der Waals surface area contributed by atoms with Crippen molar-refractivity contribution < 1.29 is 4.79 Å². The van der Waals surface area contributed by atoms with E-state index in [9.17, 15) is 4.79 Å². The number of hydrogen-bond acceptors (Lipinski definition) is 2. The number of nitrogens with two attached hydrogens (primary N) is 1. The van der Waals surface area contributed by atoms with E-state index in [-0.39, 0.29) is 24.4 Å². The highest BCUT2D eigenvalue weighted by Crippen LogP contribution is 2.21. The van der Waals surface area contributed by atoms with Crippen molar-refractivity contribution in [3.63, 3.8) is 0 Å². The van der Waals surface area contributed by atoms with Gasteiger partial charge in [0.25, 0.3) is 5.91 Å². The summed E-state index contributed by atoms with van der Waals surface area (Å²) in [5.74, 6) is 0.0197. The van der Waals surface area contributed by atoms with Crippen molar-refractivity contribution in [2.75, 3.05) is 13.1 Å². The summed E-state index contributed by atoms with van der Waals surface area (Å²) in [4.78, 5) is 13.8. The summed E-state index contributed by atoms with van der Waals surface area (Å²) in [5.41, 5.74) is 6.41. The third-order valence-electron chi connectivity index (χ3n) is 2.68. The van der Waals surface area contributed by atoms with E-state index in [0.717, 1.165) is 16.5 Å². The molecule has 0 spiro atoms. The fraction of sp³-hybridized carbons (Fsp3) is 0.364. The van der Waals surface area contributed by atoms with Gasteiger partial charge in [-0.25, -0.2) is 0 Å². The van der Waals surface area contributed by atoms with Gasteiger partial charge in [-0.15, -0.1) is 12.4 Å². The first-order valence-corrected chi connectivity index (χ1v) is 6.53. The van der Waals surface area contributed by atoms with Crippen molar-refractivity contribution in [2.45, 2.75) is 12.5 Å². The Bertz CT molecular complexity index is 428. The van der Waals surface area contributed by atoms with Crippen molar-refractivity contribution in [3.05, 3.63) is 32.4 Å². The Balaban J connectivity index is 0.00000144. The van der Waals surface area contributed by atoms with Gasteiger partial charge in [-0.05, 0) is 47.2 Å². The summed E-state index contributed by atoms with van der Waals surface area (Å²) in [6.45, 7) is 1.38. The second kappa shape index (κ2) is 6.22. The summed E-state index contributed by atoms with van der Waals surface area (Å²) >= 11 is 8.13. The maximum atomic E-state index is 12.1. The molecule has 2 N–H and O–H groups in total. The molecule has 1 atom stereocenters. The number of nitrogens with zero attached hydrogens (tertiary/aromatic N) is 1. The molecular formula is C11H13Cl2IN2O. The number of rotatable bonds is 1. The molecule has 1 heterocycles. The Morgan fingerprint density at radius 3 is 2.76 bits per heavy atom. The first-order valence-electron chi connectivity index (χ1n) is 5.08. The minimum absolute atomic E-state index is 0. The highest BCUT2D eigenvalue weighted by atomic mass is 127. The van der Waals surface area contributed by atoms with Crippen molar-refractivity contribution in [2.24, 2.45) is 5.73 Å². The first-order chi connectivity index (χ1) is 7.58. The summed E-state index contributed by atoms with van der Waals surface area (Å²) in [7, 11) is 0. The average Bonchev–Trinajstić information content (AvgIpc) is 2.68. The quantitative estimate of drug-likeness (QED) is 0.754. The number of halogens is 3. The lowest BCUT2D eigenvalue weighted by Gasteiger charge is -2.15. The lowest BCUT2D eigenvalue weighted by atomic mass is 10.2. The number of hydrogen-bond donors (Lipinski definition) is 1. The average molecular weight is 387 g/mol. The van der Waals surface area contributed by atoms with E-state index in [2.05, 4.69) is 22.6 Å². The SMILES string of the molecule is Cl.N[C@@H]1CCN(C(=O)c2ccc(I)c(Cl)c2)C1. The monoisotopic (exact) mass is 386 g/mol. The van der Waals surface area contributed by atoms with Crippen LogP contribution in [0.5, 0.6) is 0 Å². The van der Waals surface area contributed by atoms with Crippen molar-refractivity contribution in [1.82, 2.24) is 4.90 Å². The Morgan fingerprint density at radius 1 is 1.53 bits per heavy atom. The Hall–Kier alpha value is -0.0400. The van der Waals surface area contributed by atoms with Crippen LogP contribution in [0.25, 0.3) is 0 Å². The molecule has 0 aliphatic carbocycles. The molecule has 17 heavy (non-hydrogen) atoms. The molecular weight excluding hydrogens is 374 g/mol. The molecule has 2 rings (SSSR count). The number of carbonyl (C=O) groups is 1. The van der Waals surface area contributed by atoms with Gasteiger partial charge in [0.2, 0.25) is 0 Å². The molecule has 1 aromatic rings. The van der Waals surface area contributed by atoms with Gasteiger partial charge in [-0.1, -0.05) is 11.6 Å². The second-order valence-corrected chi connectivity index (χ2v) is 5.50. The van der Waals surface area contributed by atoms with E-state index in [1.54, 1.807) is 17.0 Å². The van der Waals surface area contributed by atoms with Gasteiger partial charge in [-0.2, -0.15) is 0 Å². The Morgan fingerprint density at radius 2 is 2.24 bits per heavy atom. The molecule has 1 fully saturated rings. The lowest BCUT2D eigenvalue weighted by Crippen LogP contribution is -2.31. The van der Waals surface area contributed by atoms with Crippen LogP contribution >= 0.6 is 46.6 Å². The lowest BCUT2D eigenvalue weighted by molar-refractivity contribution is 0.0791. The molecule has 0 aromatic heterocycles. The molecule has 0 saturated carbocycles. The molecule has 1 amide bonds. The van der Waals surface area contributed by atoms with Crippen LogP contribution in [0.15, 0.2) is 18.2 Å². The fourth-order valence-electron chi connectivity index (χ4n) is 1.78. The van der Waals surface area contributed by atoms with E-state index in [4.69, 9.17) is 17.3 Å². The van der Waals surface area contributed by atoms with Gasteiger partial charge < -0.3 is 10.6 Å². The Labute approximate surface area is 125 Å². The standard InChI is InChI=1S/C11H12ClIN2O.ClH/c12-9-5-7(1-2-10(9)13)11(16)15-4-3-8(14)6-15;/h1-2,5,8H,3-4,6,14H2;1H/t8-;/m1./s1. The zero-order valence-corrected chi connectivity index (χ0v) is 12.8. The van der Waals surface area contributed by atoms with Crippen LogP contribution in [-0.2, 0) is 0 Å². The third-order valence-corrected chi connectivity index (χ3v) is 4.25. The van der Waals surface area contributed by atoms with Crippen LogP contribution in [0, 0.1) is 3.57 Å². The molecule has 0 unspecified atom stereocenters. The van der Waals surface area contributed by atoms with Gasteiger partial charge >= 0.3 is 0 Å². The summed E-state index contributed by atoms with van der Waals surface area (Å²) in [6, 6.07) is 5.49. The van der Waals surface area contributed by atoms with Crippen LogP contribution in [0.4, 0.5) is 0 Å². The maximum absolute atomic E-state index is 12.1. The zero-order valence-electron chi connectivity index (χ0n) is 9.03. The number of benzene rings is 1. The van der Waals surface area contributed by atoms with Crippen molar-refractivity contribution in [1.29, 1.82) is 0 Å². The van der Waals surface area contributed by atoms with Crippen molar-refractivity contribution >= 4 is 52.5 Å². The zero-order chi connectivity index (χ0) is 11.7. The summed E-state index contributed by atoms with van der Waals surface area (Å²) in [5, 5.41) is 0.620. The number of amides is 1. The molecule has 0 radical (unpaired) electrons. The van der Waals surface area contributed by atoms with Crippen LogP contribution < -0.4 is 5.73 Å². The third kappa shape index (κ3) is 3.47. The summed E-state index contributed by atoms with van der Waals surface area (Å²) < 4.78 is 0.953. The molecule has 1 aliphatic heterocycles. The highest BCUT2D eigenvalue weighted by molar-refractivity contribution is 14.1. The molecule has 0 bridgehead atoms. The Kier molecular flexibility index (Phi) is 5.50. The van der Waals surface area contributed by atoms with Crippen LogP contribution in [0.2, 0.25) is 5.02 Å². The van der Waals surface area contributed by atoms with Gasteiger partial charge in [0.05, 0.1) is 5.02 Å². The van der Waals surface area contributed by atoms with Gasteiger partial charge in [-0.3, -0.25) is 4.79 Å². The van der Waals surface area contributed by atoms with Crippen LogP contribution in [-0.4, -0.2) is 29.9 Å². The topological polar surface area (TPSA) is 46.3 Å². The predicted molar refractivity (Wildman–Crippen MR) is 79.9 cm³/mol. The van der Waals surface area contributed by atoms with Crippen molar-refractivity contribution in [3.8, 4) is 0 Å². The van der Waals surface area contributed by atoms with Crippen LogP contribution in [0.3, 0.4) is 0 Å². The van der Waals surface area contributed by atoms with E-state index < -0.39 is 0 Å². The molecule has 1 aromatic carbocycles. The molecule has 1 saturated heterocycles. The molecule has 6 heteroatoms. The molecule has 3 nitrogen and oxygen atoms in total. The predicted octanol–water partition coefficient (Wildman–Crippen LogP) is 2.54. The summed E-state index contributed by atoms with van der Waals surface area (Å²) in [6.07, 6.45) is 0.879. The smallest absolute Gasteiger partial charge is 0.253 e. The number of carbonyl (C=O) groups excluding carboxylic acids is 1. The minimum atomic E-state index is 0. The molecule has 1 aliphatic rings. The van der Waals surface area contributed by atoms with E-state index in [1.165, 1.54) is 0 Å². The maximum Gasteiger partial charge on any atom is 0.253 e. The van der Waals surface area contributed by atoms with E-state index in [0.29, 0.717) is 17.1 Å². The fourth-order valence-corrected chi connectivity index (χ4v) is 2.30. The van der Waals surface area contributed by atoms with Gasteiger partial charge in [0.1, 0.15) is 0 Å². The second-order valence-electron chi connectivity index (χ2n) is 3.93. The van der Waals surface area contributed by atoms with Gasteiger partial charge in [0, 0.05) is 28.3 Å². The van der Waals surface area contributed by atoms with Gasteiger partial charge in [0.15, 0.2) is 0 Å². The number of likely N-dealkylation sites (tertiary alicyclic amines) is 1. The molecule has 94 valence electrons. The largest absolute Gasteiger partial charge is 0.337 e. The highest BCUT2D eigenvalue weighted by Gasteiger charge is 2.24. The van der Waals surface area contributed by atoms with E-state index in [1.807, 2.05) is 6.07 Å². The van der Waals surface area contributed by atoms with E-state index >= 15 is 0 Å². The van der Waals surface area contributed by atoms with Crippen LogP contribution in [0.1, 0.15) is 16.8 Å². The minimum Gasteiger partial charge on any atom is -0.337 e. The normalized spacial score (nSPS) is 19.0. The first kappa shape index (κ1) is 15.0.